The van der Waals surface area contributed by atoms with Crippen molar-refractivity contribution in [1.29, 1.82) is 0 Å². The van der Waals surface area contributed by atoms with Crippen LogP contribution in [0.3, 0.4) is 0 Å². The van der Waals surface area contributed by atoms with Gasteiger partial charge in [-0.3, -0.25) is 7.05 Å². The Hall–Kier alpha value is -0.150. The molecule has 0 radical (unpaired) electrons. The van der Waals surface area contributed by atoms with Crippen molar-refractivity contribution in [2.24, 2.45) is 0 Å². The molecule has 1 saturated heterocycles. The van der Waals surface area contributed by atoms with Gasteiger partial charge in [0.15, 0.2) is 0 Å². The Morgan fingerprint density at radius 1 is 1.73 bits per heavy atom. The summed E-state index contributed by atoms with van der Waals surface area (Å²) in [6.45, 7) is 3.70. The molecule has 1 rings (SSSR count). The molecular weight excluding hydrogens is 145 g/mol. The van der Waals surface area contributed by atoms with Gasteiger partial charge in [0.2, 0.25) is 0 Å². The molecule has 66 valence electrons. The summed E-state index contributed by atoms with van der Waals surface area (Å²) in [6, 6.07) is 0.185. The Morgan fingerprint density at radius 2 is 2.45 bits per heavy atom. The van der Waals surface area contributed by atoms with E-state index >= 15 is 0 Å². The van der Waals surface area contributed by atoms with Crippen LogP contribution in [0.4, 0.5) is 4.39 Å². The zero-order valence-corrected chi connectivity index (χ0v) is 6.92. The van der Waals surface area contributed by atoms with Gasteiger partial charge in [0.1, 0.15) is 6.17 Å². The van der Waals surface area contributed by atoms with Crippen molar-refractivity contribution in [2.45, 2.75) is 25.6 Å². The average Bonchev–Trinajstić information content (AvgIpc) is 2.26. The minimum atomic E-state index is -0.710. The summed E-state index contributed by atoms with van der Waals surface area (Å²) in [5.74, 6) is 0. The van der Waals surface area contributed by atoms with Crippen LogP contribution in [0.15, 0.2) is 0 Å². The summed E-state index contributed by atoms with van der Waals surface area (Å²) < 4.78 is 17.9. The van der Waals surface area contributed by atoms with E-state index < -0.39 is 6.17 Å². The van der Waals surface area contributed by atoms with Crippen molar-refractivity contribution >= 4 is 0 Å². The summed E-state index contributed by atoms with van der Waals surface area (Å²) in [4.78, 5) is 1.78. The molecule has 1 aliphatic heterocycles. The molecule has 11 heavy (non-hydrogen) atoms. The van der Waals surface area contributed by atoms with Crippen molar-refractivity contribution in [2.75, 3.05) is 19.8 Å². The summed E-state index contributed by atoms with van der Waals surface area (Å²) in [5, 5.41) is 0. The lowest BCUT2D eigenvalue weighted by Gasteiger charge is -2.25. The van der Waals surface area contributed by atoms with Crippen molar-refractivity contribution < 1.29 is 9.13 Å². The largest absolute Gasteiger partial charge is 0.452 e. The van der Waals surface area contributed by atoms with Crippen LogP contribution >= 0.6 is 0 Å². The highest BCUT2D eigenvalue weighted by Gasteiger charge is 2.24. The van der Waals surface area contributed by atoms with E-state index in [1.807, 2.05) is 6.92 Å². The topological polar surface area (TPSA) is 12.5 Å². The fraction of sp³-hybridized carbons (Fsp3) is 0.875. The second-order valence-electron chi connectivity index (χ2n) is 2.92. The van der Waals surface area contributed by atoms with Gasteiger partial charge in [0.05, 0.1) is 6.61 Å². The Balaban J connectivity index is 2.23. The lowest BCUT2D eigenvalue weighted by atomic mass is 10.2. The number of hydrogen-bond acceptors (Lipinski definition) is 2. The van der Waals surface area contributed by atoms with Crippen LogP contribution in [0.5, 0.6) is 0 Å². The standard InChI is InChI=1S/C8H15FNO/c1-3-11-6-8-4-7(9)5-10(8)2/h7-8H,2-6H2,1H3/q-1/t7-,8-/m0/s1. The lowest BCUT2D eigenvalue weighted by molar-refractivity contribution is 0.100. The molecular formula is C8H15FNO-. The van der Waals surface area contributed by atoms with Crippen LogP contribution in [-0.4, -0.2) is 36.9 Å². The van der Waals surface area contributed by atoms with Crippen LogP contribution in [0.1, 0.15) is 13.3 Å². The smallest absolute Gasteiger partial charge is 0.112 e. The number of rotatable bonds is 3. The van der Waals surface area contributed by atoms with Gasteiger partial charge in [0.25, 0.3) is 0 Å². The average molecular weight is 160 g/mol. The lowest BCUT2D eigenvalue weighted by Crippen LogP contribution is -2.27. The van der Waals surface area contributed by atoms with Gasteiger partial charge >= 0.3 is 0 Å². The maximum absolute atomic E-state index is 12.7. The number of halogens is 1. The van der Waals surface area contributed by atoms with E-state index in [1.54, 1.807) is 4.90 Å². The Bertz CT molecular complexity index is 121. The molecule has 3 heteroatoms. The molecule has 2 nitrogen and oxygen atoms in total. The van der Waals surface area contributed by atoms with Gasteiger partial charge in [-0.2, -0.15) is 0 Å². The highest BCUT2D eigenvalue weighted by atomic mass is 19.1. The van der Waals surface area contributed by atoms with Crippen LogP contribution < -0.4 is 0 Å². The molecule has 0 aliphatic carbocycles. The molecule has 1 fully saturated rings. The SMILES string of the molecule is [CH2-]N1C[C@@H](F)C[C@H]1COCC. The number of alkyl halides is 1. The van der Waals surface area contributed by atoms with Crippen LogP contribution in [0.25, 0.3) is 0 Å². The molecule has 1 aliphatic rings. The third-order valence-electron chi connectivity index (χ3n) is 1.99. The van der Waals surface area contributed by atoms with Crippen LogP contribution in [0, 0.1) is 7.05 Å². The van der Waals surface area contributed by atoms with Crippen LogP contribution in [-0.2, 0) is 4.74 Å². The van der Waals surface area contributed by atoms with Crippen molar-refractivity contribution in [3.63, 3.8) is 0 Å². The van der Waals surface area contributed by atoms with Gasteiger partial charge < -0.3 is 9.64 Å². The molecule has 0 unspecified atom stereocenters. The van der Waals surface area contributed by atoms with Gasteiger partial charge in [0, 0.05) is 19.2 Å². The summed E-state index contributed by atoms with van der Waals surface area (Å²) in [6.07, 6.45) is -0.137. The minimum Gasteiger partial charge on any atom is -0.452 e. The molecule has 0 N–H and O–H groups in total. The number of likely N-dealkylation sites (tertiary alicyclic amines) is 1. The number of nitrogens with zero attached hydrogens (tertiary/aromatic N) is 1. The van der Waals surface area contributed by atoms with E-state index in [-0.39, 0.29) is 6.04 Å². The molecule has 0 spiro atoms. The highest BCUT2D eigenvalue weighted by Crippen LogP contribution is 2.18. The van der Waals surface area contributed by atoms with E-state index in [0.29, 0.717) is 26.2 Å². The zero-order chi connectivity index (χ0) is 8.27. The van der Waals surface area contributed by atoms with Crippen molar-refractivity contribution in [3.8, 4) is 0 Å². The van der Waals surface area contributed by atoms with E-state index in [9.17, 15) is 4.39 Å². The first kappa shape index (κ1) is 8.94. The maximum atomic E-state index is 12.7. The summed E-state index contributed by atoms with van der Waals surface area (Å²) in [5.41, 5.74) is 0. The zero-order valence-electron chi connectivity index (χ0n) is 6.92. The molecule has 0 aromatic carbocycles. The van der Waals surface area contributed by atoms with E-state index in [4.69, 9.17) is 4.74 Å². The molecule has 1 heterocycles. The number of hydrogen-bond donors (Lipinski definition) is 0. The molecule has 0 bridgehead atoms. The fourth-order valence-corrected chi connectivity index (χ4v) is 1.35. The molecule has 0 aromatic rings. The first-order valence-corrected chi connectivity index (χ1v) is 4.03. The molecule has 2 atom stereocenters. The van der Waals surface area contributed by atoms with Gasteiger partial charge in [-0.1, -0.05) is 0 Å². The second-order valence-corrected chi connectivity index (χ2v) is 2.92. The third-order valence-corrected chi connectivity index (χ3v) is 1.99. The van der Waals surface area contributed by atoms with Gasteiger partial charge in [-0.05, 0) is 13.3 Å². The van der Waals surface area contributed by atoms with Gasteiger partial charge in [-0.25, -0.2) is 4.39 Å². The van der Waals surface area contributed by atoms with E-state index in [1.165, 1.54) is 0 Å². The quantitative estimate of drug-likeness (QED) is 0.576. The van der Waals surface area contributed by atoms with Crippen molar-refractivity contribution in [3.05, 3.63) is 7.05 Å². The third kappa shape index (κ3) is 2.42. The first-order valence-electron chi connectivity index (χ1n) is 4.03. The Labute approximate surface area is 67.3 Å². The normalized spacial score (nSPS) is 33.0. The Kier molecular flexibility index (Phi) is 3.27. The molecule has 0 amide bonds. The molecule has 0 saturated carbocycles. The van der Waals surface area contributed by atoms with E-state index in [0.717, 1.165) is 0 Å². The number of ether oxygens (including phenoxy) is 1. The fourth-order valence-electron chi connectivity index (χ4n) is 1.35. The first-order chi connectivity index (χ1) is 5.24. The molecule has 0 aromatic heterocycles. The van der Waals surface area contributed by atoms with Gasteiger partial charge in [-0.15, -0.1) is 0 Å². The summed E-state index contributed by atoms with van der Waals surface area (Å²) in [7, 11) is 3.74. The monoisotopic (exact) mass is 160 g/mol. The summed E-state index contributed by atoms with van der Waals surface area (Å²) >= 11 is 0. The maximum Gasteiger partial charge on any atom is 0.112 e. The predicted molar refractivity (Wildman–Crippen MR) is 41.9 cm³/mol. The minimum absolute atomic E-state index is 0.185. The highest BCUT2D eigenvalue weighted by molar-refractivity contribution is 4.84. The predicted octanol–water partition coefficient (Wildman–Crippen LogP) is 1.23. The Morgan fingerprint density at radius 3 is 2.91 bits per heavy atom. The van der Waals surface area contributed by atoms with Crippen LogP contribution in [0.2, 0.25) is 0 Å². The van der Waals surface area contributed by atoms with E-state index in [2.05, 4.69) is 7.05 Å². The van der Waals surface area contributed by atoms with Crippen molar-refractivity contribution in [1.82, 2.24) is 4.90 Å². The second kappa shape index (κ2) is 4.02.